The van der Waals surface area contributed by atoms with E-state index in [1.807, 2.05) is 0 Å². The minimum atomic E-state index is -4.57. The zero-order chi connectivity index (χ0) is 40.7. The van der Waals surface area contributed by atoms with Crippen molar-refractivity contribution in [2.45, 2.75) is 61.2 Å². The van der Waals surface area contributed by atoms with E-state index >= 15 is 0 Å². The third kappa shape index (κ3) is 9.99. The maximum Gasteiger partial charge on any atom is 0.303 e. The Morgan fingerprint density at radius 1 is 0.759 bits per heavy atom. The summed E-state index contributed by atoms with van der Waals surface area (Å²) in [6, 6.07) is 7.73. The summed E-state index contributed by atoms with van der Waals surface area (Å²) >= 11 is 0. The van der Waals surface area contributed by atoms with Crippen molar-refractivity contribution in [3.8, 4) is 0 Å². The number of benzene rings is 2. The van der Waals surface area contributed by atoms with E-state index in [1.165, 1.54) is 36.4 Å². The van der Waals surface area contributed by atoms with Gasteiger partial charge in [0.1, 0.15) is 5.75 Å². The molecule has 0 radical (unpaired) electrons. The van der Waals surface area contributed by atoms with Gasteiger partial charge in [0.2, 0.25) is 5.69 Å². The molecule has 0 amide bonds. The van der Waals surface area contributed by atoms with Crippen LogP contribution in [0.25, 0.3) is 0 Å². The molecule has 0 aliphatic carbocycles. The number of nitrogens with zero attached hydrogens (tertiary/aromatic N) is 2. The number of hydrogen-bond donors (Lipinski definition) is 5. The van der Waals surface area contributed by atoms with Gasteiger partial charge < -0.3 is 10.0 Å². The summed E-state index contributed by atoms with van der Waals surface area (Å²) in [6.07, 6.45) is 9.45. The minimum absolute atomic E-state index is 0.0519. The Labute approximate surface area is 314 Å². The minimum Gasteiger partial charge on any atom is -0.481 e. The third-order valence-corrected chi connectivity index (χ3v) is 12.3. The Balaban J connectivity index is 1.77. The average molecular weight is 830 g/mol. The van der Waals surface area contributed by atoms with Crippen molar-refractivity contribution < 1.29 is 66.4 Å². The monoisotopic (exact) mass is 829 g/mol. The van der Waals surface area contributed by atoms with Crippen LogP contribution in [0.1, 0.15) is 51.7 Å². The van der Waals surface area contributed by atoms with Gasteiger partial charge in [0.15, 0.2) is 12.3 Å². The fourth-order valence-electron chi connectivity index (χ4n) is 6.52. The third-order valence-electron chi connectivity index (χ3n) is 9.22. The predicted octanol–water partition coefficient (Wildman–Crippen LogP) is 3.92. The lowest BCUT2D eigenvalue weighted by Gasteiger charge is -2.26. The van der Waals surface area contributed by atoms with E-state index < -0.39 is 68.8 Å². The first kappa shape index (κ1) is 42.7. The van der Waals surface area contributed by atoms with Crippen LogP contribution in [0.15, 0.2) is 93.9 Å². The second kappa shape index (κ2) is 15.3. The molecule has 0 spiro atoms. The second-order valence-corrected chi connectivity index (χ2v) is 19.7. The zero-order valence-corrected chi connectivity index (χ0v) is 32.9. The highest BCUT2D eigenvalue weighted by Crippen LogP contribution is 2.48. The van der Waals surface area contributed by atoms with Crippen LogP contribution in [0, 0.1) is 0 Å². The Bertz CT molecular complexity index is 2480. The van der Waals surface area contributed by atoms with Gasteiger partial charge in [-0.05, 0) is 67.8 Å². The van der Waals surface area contributed by atoms with Crippen molar-refractivity contribution in [2.24, 2.45) is 0 Å². The molecule has 2 aliphatic rings. The summed E-state index contributed by atoms with van der Waals surface area (Å²) in [5, 5.41) is 9.42. The first-order valence-corrected chi connectivity index (χ1v) is 22.3. The van der Waals surface area contributed by atoms with Gasteiger partial charge >= 0.3 is 5.97 Å². The lowest BCUT2D eigenvalue weighted by atomic mass is 9.81. The fourth-order valence-corrected chi connectivity index (χ4v) is 8.36. The maximum atomic E-state index is 11.9. The second-order valence-electron chi connectivity index (χ2n) is 13.7. The largest absolute Gasteiger partial charge is 0.481 e. The van der Waals surface area contributed by atoms with Crippen LogP contribution in [-0.2, 0) is 56.1 Å². The van der Waals surface area contributed by atoms with Gasteiger partial charge in [-0.25, -0.2) is 0 Å². The number of carboxylic acids is 1. The number of hydrogen-bond acceptors (Lipinski definition) is 10. The summed E-state index contributed by atoms with van der Waals surface area (Å²) in [5.74, 6) is -2.39. The lowest BCUT2D eigenvalue weighted by molar-refractivity contribution is -0.432. The Morgan fingerprint density at radius 2 is 1.33 bits per heavy atom. The quantitative estimate of drug-likeness (QED) is 0.0968. The van der Waals surface area contributed by atoms with Crippen molar-refractivity contribution in [1.82, 2.24) is 0 Å². The average Bonchev–Trinajstić information content (AvgIpc) is 3.37. The Hall–Kier alpha value is -4.02. The molecule has 0 atom stereocenters. The molecule has 2 aromatic rings. The summed E-state index contributed by atoms with van der Waals surface area (Å²) in [6.45, 7) is 6.59. The molecule has 2 aromatic carbocycles. The van der Waals surface area contributed by atoms with Gasteiger partial charge in [0.25, 0.3) is 40.5 Å². The molecule has 0 saturated carbocycles. The van der Waals surface area contributed by atoms with Gasteiger partial charge in [0, 0.05) is 47.5 Å². The van der Waals surface area contributed by atoms with Gasteiger partial charge in [-0.2, -0.15) is 38.2 Å². The molecule has 0 fully saturated rings. The number of aliphatic carboxylic acids is 1. The number of rotatable bonds is 15. The maximum absolute atomic E-state index is 11.9. The lowest BCUT2D eigenvalue weighted by Crippen LogP contribution is -2.30. The highest BCUT2D eigenvalue weighted by molar-refractivity contribution is 7.86. The van der Waals surface area contributed by atoms with Gasteiger partial charge in [-0.3, -0.25) is 23.0 Å². The normalized spacial score (nSPS) is 18.3. The standard InChI is InChI=1S/C34H40N2O14S4/c1-33(2)26-21-24(53(45,46)47)12-14-28(26)35(17-19-51(39,40)41)30(33)9-5-7-23(11-16-32(37)38)8-6-10-31-34(3,4)27-22-25(54(48,49)50)13-15-29(27)36(31)18-20-52(42,43)44/h5-10,12-15,21-22H,11,16-20H2,1-4H3,(H4-,37,38,39,40,41,42,43,44,45,46,47,48,49,50)/p+1. The van der Waals surface area contributed by atoms with Crippen LogP contribution < -0.4 is 4.90 Å². The van der Waals surface area contributed by atoms with E-state index in [1.54, 1.807) is 73.6 Å². The molecule has 0 saturated heterocycles. The van der Waals surface area contributed by atoms with E-state index in [2.05, 4.69) is 0 Å². The Morgan fingerprint density at radius 3 is 1.89 bits per heavy atom. The number of fused-ring (bicyclic) bond motifs is 2. The molecule has 0 bridgehead atoms. The number of anilines is 1. The van der Waals surface area contributed by atoms with Crippen LogP contribution in [0.5, 0.6) is 0 Å². The molecular formula is C34H41N2O14S4+. The SMILES string of the molecule is CC1(C)C(=CC=CC(=CC=CC2=[N+](CCS(=O)(=O)O)c3ccc(S(=O)(=O)O)cc3C2(C)C)CCC(=O)O)N(CCS(=O)(=O)O)c2ccc(S(=O)(=O)O)cc21. The number of carboxylic acid groups (broad SMARTS) is 1. The van der Waals surface area contributed by atoms with Gasteiger partial charge in [-0.15, -0.1) is 0 Å². The molecule has 16 nitrogen and oxygen atoms in total. The van der Waals surface area contributed by atoms with Crippen molar-refractivity contribution in [3.05, 3.63) is 95.3 Å². The first-order chi connectivity index (χ1) is 24.6. The van der Waals surface area contributed by atoms with Crippen LogP contribution in [-0.4, -0.2) is 97.8 Å². The van der Waals surface area contributed by atoms with E-state index in [4.69, 9.17) is 0 Å². The fraction of sp³-hybridized carbons (Fsp3) is 0.353. The Kier molecular flexibility index (Phi) is 12.1. The molecule has 0 unspecified atom stereocenters. The highest BCUT2D eigenvalue weighted by atomic mass is 32.2. The summed E-state index contributed by atoms with van der Waals surface area (Å²) < 4.78 is 134. The molecule has 2 aliphatic heterocycles. The zero-order valence-electron chi connectivity index (χ0n) is 29.6. The van der Waals surface area contributed by atoms with Crippen molar-refractivity contribution in [1.29, 1.82) is 0 Å². The van der Waals surface area contributed by atoms with Crippen molar-refractivity contribution in [3.63, 3.8) is 0 Å². The van der Waals surface area contributed by atoms with E-state index in [0.29, 0.717) is 39.5 Å². The topological polar surface area (TPSA) is 261 Å². The molecule has 54 heavy (non-hydrogen) atoms. The van der Waals surface area contributed by atoms with Crippen molar-refractivity contribution >= 4 is 63.5 Å². The van der Waals surface area contributed by atoms with Crippen LogP contribution in [0.2, 0.25) is 0 Å². The molecule has 4 rings (SSSR count). The van der Waals surface area contributed by atoms with E-state index in [9.17, 15) is 61.8 Å². The smallest absolute Gasteiger partial charge is 0.303 e. The molecule has 0 aromatic heterocycles. The molecule has 2 heterocycles. The van der Waals surface area contributed by atoms with Gasteiger partial charge in [0.05, 0.1) is 21.0 Å². The van der Waals surface area contributed by atoms with Crippen LogP contribution in [0.4, 0.5) is 11.4 Å². The van der Waals surface area contributed by atoms with E-state index in [-0.39, 0.29) is 35.7 Å². The number of allylic oxidation sites excluding steroid dienone is 8. The number of carbonyl (C=O) groups is 1. The van der Waals surface area contributed by atoms with Crippen molar-refractivity contribution in [2.75, 3.05) is 29.5 Å². The summed E-state index contributed by atoms with van der Waals surface area (Å²) in [4.78, 5) is 12.4. The summed E-state index contributed by atoms with van der Waals surface area (Å²) in [5.41, 5.74) is 1.42. The van der Waals surface area contributed by atoms with Crippen LogP contribution in [0.3, 0.4) is 0 Å². The van der Waals surface area contributed by atoms with E-state index in [0.717, 1.165) is 0 Å². The van der Waals surface area contributed by atoms with Crippen LogP contribution >= 0.6 is 0 Å². The first-order valence-electron chi connectivity index (χ1n) is 16.2. The van der Waals surface area contributed by atoms with Gasteiger partial charge in [-0.1, -0.05) is 38.2 Å². The molecular weight excluding hydrogens is 789 g/mol. The summed E-state index contributed by atoms with van der Waals surface area (Å²) in [7, 11) is -18.0. The highest BCUT2D eigenvalue weighted by Gasteiger charge is 2.45. The molecule has 20 heteroatoms. The molecule has 5 N–H and O–H groups in total. The molecule has 294 valence electrons. The predicted molar refractivity (Wildman–Crippen MR) is 200 cm³/mol.